The highest BCUT2D eigenvalue weighted by Crippen LogP contribution is 2.35. The summed E-state index contributed by atoms with van der Waals surface area (Å²) >= 11 is 0. The fourth-order valence-corrected chi connectivity index (χ4v) is 3.63. The second-order valence-corrected chi connectivity index (χ2v) is 6.67. The van der Waals surface area contributed by atoms with Crippen LogP contribution in [0.5, 0.6) is 0 Å². The molecule has 1 aromatic heterocycles. The number of carbonyl (C=O) groups is 1. The SMILES string of the molecule is Cc1cc(C(=O)CN2CCC(O)CC2)c(C)n1C1CCC1. The molecule has 1 saturated heterocycles. The van der Waals surface area contributed by atoms with Gasteiger partial charge in [-0.3, -0.25) is 9.69 Å². The van der Waals surface area contributed by atoms with Gasteiger partial charge in [0.25, 0.3) is 0 Å². The van der Waals surface area contributed by atoms with Crippen molar-refractivity contribution >= 4 is 5.78 Å². The molecule has 0 amide bonds. The Morgan fingerprint density at radius 2 is 1.90 bits per heavy atom. The molecule has 4 nitrogen and oxygen atoms in total. The molecule has 3 rings (SSSR count). The quantitative estimate of drug-likeness (QED) is 0.867. The van der Waals surface area contributed by atoms with Crippen LogP contribution in [0.4, 0.5) is 0 Å². The fraction of sp³-hybridized carbons (Fsp3) is 0.706. The van der Waals surface area contributed by atoms with Crippen molar-refractivity contribution in [3.05, 3.63) is 23.0 Å². The molecule has 0 radical (unpaired) electrons. The smallest absolute Gasteiger partial charge is 0.178 e. The molecule has 0 bridgehead atoms. The van der Waals surface area contributed by atoms with Gasteiger partial charge in [0.15, 0.2) is 5.78 Å². The lowest BCUT2D eigenvalue weighted by Gasteiger charge is -2.30. The minimum absolute atomic E-state index is 0.181. The zero-order valence-electron chi connectivity index (χ0n) is 13.1. The lowest BCUT2D eigenvalue weighted by Crippen LogP contribution is -2.39. The number of aliphatic hydroxyl groups excluding tert-OH is 1. The molecule has 0 aromatic carbocycles. The normalized spacial score (nSPS) is 21.5. The van der Waals surface area contributed by atoms with Crippen LogP contribution in [0.15, 0.2) is 6.07 Å². The van der Waals surface area contributed by atoms with Crippen LogP contribution in [0.2, 0.25) is 0 Å². The highest BCUT2D eigenvalue weighted by atomic mass is 16.3. The number of aliphatic hydroxyl groups is 1. The number of rotatable bonds is 4. The van der Waals surface area contributed by atoms with Gasteiger partial charge < -0.3 is 9.67 Å². The van der Waals surface area contributed by atoms with Crippen LogP contribution in [-0.2, 0) is 0 Å². The summed E-state index contributed by atoms with van der Waals surface area (Å²) < 4.78 is 2.36. The van der Waals surface area contributed by atoms with Crippen molar-refractivity contribution in [1.82, 2.24) is 9.47 Å². The average molecular weight is 290 g/mol. The summed E-state index contributed by atoms with van der Waals surface area (Å²) in [5.74, 6) is 0.227. The second kappa shape index (κ2) is 5.93. The van der Waals surface area contributed by atoms with Gasteiger partial charge in [-0.1, -0.05) is 0 Å². The number of nitrogens with zero attached hydrogens (tertiary/aromatic N) is 2. The molecule has 4 heteroatoms. The Bertz CT molecular complexity index is 523. The number of carbonyl (C=O) groups excluding carboxylic acids is 1. The van der Waals surface area contributed by atoms with E-state index in [0.29, 0.717) is 12.6 Å². The third kappa shape index (κ3) is 2.92. The summed E-state index contributed by atoms with van der Waals surface area (Å²) in [6, 6.07) is 2.67. The summed E-state index contributed by atoms with van der Waals surface area (Å²) in [5, 5.41) is 9.54. The molecule has 1 aromatic rings. The standard InChI is InChI=1S/C17H26N2O2/c1-12-10-16(13(2)19(12)14-4-3-5-14)17(21)11-18-8-6-15(20)7-9-18/h10,14-15,20H,3-9,11H2,1-2H3. The van der Waals surface area contributed by atoms with Crippen LogP contribution < -0.4 is 0 Å². The molecule has 1 aliphatic heterocycles. The van der Waals surface area contributed by atoms with E-state index >= 15 is 0 Å². The summed E-state index contributed by atoms with van der Waals surface area (Å²) in [6.07, 6.45) is 5.19. The Balaban J connectivity index is 1.70. The maximum absolute atomic E-state index is 12.6. The van der Waals surface area contributed by atoms with Crippen LogP contribution in [-0.4, -0.2) is 46.1 Å². The Labute approximate surface area is 126 Å². The lowest BCUT2D eigenvalue weighted by atomic mass is 9.92. The first-order valence-corrected chi connectivity index (χ1v) is 8.18. The van der Waals surface area contributed by atoms with Crippen molar-refractivity contribution in [3.63, 3.8) is 0 Å². The van der Waals surface area contributed by atoms with E-state index in [2.05, 4.69) is 29.4 Å². The zero-order chi connectivity index (χ0) is 15.0. The van der Waals surface area contributed by atoms with Crippen molar-refractivity contribution in [2.45, 2.75) is 58.1 Å². The summed E-state index contributed by atoms with van der Waals surface area (Å²) in [4.78, 5) is 14.8. The number of piperidine rings is 1. The van der Waals surface area contributed by atoms with Crippen molar-refractivity contribution in [2.24, 2.45) is 0 Å². The van der Waals surface area contributed by atoms with E-state index in [0.717, 1.165) is 37.2 Å². The highest BCUT2D eigenvalue weighted by molar-refractivity contribution is 5.99. The van der Waals surface area contributed by atoms with Gasteiger partial charge in [0.05, 0.1) is 12.6 Å². The van der Waals surface area contributed by atoms with E-state index in [1.54, 1.807) is 0 Å². The lowest BCUT2D eigenvalue weighted by molar-refractivity contribution is 0.0710. The first kappa shape index (κ1) is 14.8. The molecule has 1 N–H and O–H groups in total. The molecule has 2 aliphatic rings. The van der Waals surface area contributed by atoms with E-state index in [1.165, 1.54) is 25.0 Å². The van der Waals surface area contributed by atoms with Crippen molar-refractivity contribution in [3.8, 4) is 0 Å². The number of hydrogen-bond donors (Lipinski definition) is 1. The van der Waals surface area contributed by atoms with Crippen LogP contribution in [0, 0.1) is 13.8 Å². The minimum atomic E-state index is -0.181. The highest BCUT2D eigenvalue weighted by Gasteiger charge is 2.26. The molecule has 116 valence electrons. The van der Waals surface area contributed by atoms with Gasteiger partial charge >= 0.3 is 0 Å². The largest absolute Gasteiger partial charge is 0.393 e. The van der Waals surface area contributed by atoms with E-state index in [4.69, 9.17) is 0 Å². The summed E-state index contributed by atoms with van der Waals surface area (Å²) in [6.45, 7) is 6.34. The Kier molecular flexibility index (Phi) is 4.18. The number of hydrogen-bond acceptors (Lipinski definition) is 3. The van der Waals surface area contributed by atoms with Gasteiger partial charge in [0.1, 0.15) is 0 Å². The van der Waals surface area contributed by atoms with Gasteiger partial charge in [-0.05, 0) is 52.0 Å². The van der Waals surface area contributed by atoms with Gasteiger partial charge in [0, 0.05) is 36.1 Å². The number of aromatic nitrogens is 1. The topological polar surface area (TPSA) is 45.5 Å². The van der Waals surface area contributed by atoms with Crippen LogP contribution >= 0.6 is 0 Å². The Morgan fingerprint density at radius 3 is 2.48 bits per heavy atom. The second-order valence-electron chi connectivity index (χ2n) is 6.67. The zero-order valence-corrected chi connectivity index (χ0v) is 13.1. The summed E-state index contributed by atoms with van der Waals surface area (Å²) in [7, 11) is 0. The predicted molar refractivity (Wildman–Crippen MR) is 82.8 cm³/mol. The fourth-order valence-electron chi connectivity index (χ4n) is 3.63. The minimum Gasteiger partial charge on any atom is -0.393 e. The van der Waals surface area contributed by atoms with E-state index in [-0.39, 0.29) is 11.9 Å². The molecule has 21 heavy (non-hydrogen) atoms. The Hall–Kier alpha value is -1.13. The average Bonchev–Trinajstić information content (AvgIpc) is 2.68. The number of Topliss-reactive ketones (excluding diaryl/α,β-unsaturated/α-hetero) is 1. The molecule has 0 spiro atoms. The number of likely N-dealkylation sites (tertiary alicyclic amines) is 1. The van der Waals surface area contributed by atoms with Crippen LogP contribution in [0.3, 0.4) is 0 Å². The molecule has 0 atom stereocenters. The molecule has 2 heterocycles. The van der Waals surface area contributed by atoms with Gasteiger partial charge in [-0.2, -0.15) is 0 Å². The van der Waals surface area contributed by atoms with Crippen molar-refractivity contribution in [2.75, 3.05) is 19.6 Å². The summed E-state index contributed by atoms with van der Waals surface area (Å²) in [5.41, 5.74) is 3.25. The first-order chi connectivity index (χ1) is 10.1. The van der Waals surface area contributed by atoms with E-state index in [9.17, 15) is 9.90 Å². The molecule has 1 saturated carbocycles. The van der Waals surface area contributed by atoms with Crippen LogP contribution in [0.1, 0.15) is 59.9 Å². The van der Waals surface area contributed by atoms with Gasteiger partial charge in [0.2, 0.25) is 0 Å². The predicted octanol–water partition coefficient (Wildman–Crippen LogP) is 2.47. The molecular weight excluding hydrogens is 264 g/mol. The maximum atomic E-state index is 12.6. The molecule has 2 fully saturated rings. The van der Waals surface area contributed by atoms with Gasteiger partial charge in [-0.25, -0.2) is 0 Å². The van der Waals surface area contributed by atoms with Gasteiger partial charge in [-0.15, -0.1) is 0 Å². The third-order valence-corrected chi connectivity index (χ3v) is 5.15. The molecular formula is C17H26N2O2. The number of ketones is 1. The monoisotopic (exact) mass is 290 g/mol. The third-order valence-electron chi connectivity index (χ3n) is 5.15. The van der Waals surface area contributed by atoms with Crippen LogP contribution in [0.25, 0.3) is 0 Å². The Morgan fingerprint density at radius 1 is 1.24 bits per heavy atom. The van der Waals surface area contributed by atoms with E-state index < -0.39 is 0 Å². The van der Waals surface area contributed by atoms with Crippen molar-refractivity contribution in [1.29, 1.82) is 0 Å². The first-order valence-electron chi connectivity index (χ1n) is 8.18. The van der Waals surface area contributed by atoms with E-state index in [1.807, 2.05) is 0 Å². The van der Waals surface area contributed by atoms with Crippen molar-refractivity contribution < 1.29 is 9.90 Å². The molecule has 0 unspecified atom stereocenters. The number of aryl methyl sites for hydroxylation is 1. The maximum Gasteiger partial charge on any atom is 0.178 e. The molecule has 1 aliphatic carbocycles.